The topological polar surface area (TPSA) is 12.5 Å². The van der Waals surface area contributed by atoms with Gasteiger partial charge in [-0.3, -0.25) is 0 Å². The Morgan fingerprint density at radius 1 is 1.42 bits per heavy atom. The fourth-order valence-electron chi connectivity index (χ4n) is 1.82. The monoisotopic (exact) mass is 171 g/mol. The van der Waals surface area contributed by atoms with Crippen LogP contribution in [0.25, 0.3) is 0 Å². The van der Waals surface area contributed by atoms with Crippen molar-refractivity contribution in [3.8, 4) is 0 Å². The van der Waals surface area contributed by atoms with Gasteiger partial charge >= 0.3 is 0 Å². The van der Waals surface area contributed by atoms with Gasteiger partial charge < -0.3 is 9.64 Å². The van der Waals surface area contributed by atoms with E-state index in [0.717, 1.165) is 12.0 Å². The molecule has 1 rings (SSSR count). The van der Waals surface area contributed by atoms with Crippen molar-refractivity contribution in [2.24, 2.45) is 5.92 Å². The van der Waals surface area contributed by atoms with E-state index >= 15 is 0 Å². The molecule has 0 saturated heterocycles. The molecule has 2 heteroatoms. The van der Waals surface area contributed by atoms with E-state index in [4.69, 9.17) is 4.74 Å². The summed E-state index contributed by atoms with van der Waals surface area (Å²) < 4.78 is 5.24. The van der Waals surface area contributed by atoms with Gasteiger partial charge in [-0.1, -0.05) is 13.8 Å². The molecule has 0 amide bonds. The Morgan fingerprint density at radius 2 is 2.00 bits per heavy atom. The maximum absolute atomic E-state index is 5.24. The van der Waals surface area contributed by atoms with Gasteiger partial charge in [0.05, 0.1) is 6.10 Å². The Morgan fingerprint density at radius 3 is 2.42 bits per heavy atom. The third-order valence-corrected chi connectivity index (χ3v) is 2.68. The lowest BCUT2D eigenvalue weighted by Gasteiger charge is -2.41. The minimum Gasteiger partial charge on any atom is -0.381 e. The van der Waals surface area contributed by atoms with Gasteiger partial charge in [-0.25, -0.2) is 0 Å². The number of hydrogen-bond acceptors (Lipinski definition) is 2. The van der Waals surface area contributed by atoms with Gasteiger partial charge in [0.25, 0.3) is 0 Å². The molecule has 1 saturated carbocycles. The summed E-state index contributed by atoms with van der Waals surface area (Å²) in [5, 5.41) is 0. The quantitative estimate of drug-likeness (QED) is 0.639. The fraction of sp³-hybridized carbons (Fsp3) is 1.00. The number of methoxy groups -OCH3 is 1. The van der Waals surface area contributed by atoms with Gasteiger partial charge in [0, 0.05) is 19.7 Å². The third kappa shape index (κ3) is 2.46. The molecule has 0 radical (unpaired) electrons. The molecule has 0 N–H and O–H groups in total. The van der Waals surface area contributed by atoms with E-state index in [1.54, 1.807) is 0 Å². The lowest BCUT2D eigenvalue weighted by atomic mass is 9.88. The van der Waals surface area contributed by atoms with Crippen molar-refractivity contribution in [3.05, 3.63) is 0 Å². The molecule has 72 valence electrons. The number of rotatable bonds is 4. The third-order valence-electron chi connectivity index (χ3n) is 2.68. The zero-order valence-electron chi connectivity index (χ0n) is 8.71. The molecule has 2 nitrogen and oxygen atoms in total. The van der Waals surface area contributed by atoms with Crippen LogP contribution >= 0.6 is 0 Å². The Balaban J connectivity index is 2.14. The molecule has 0 bridgehead atoms. The fourth-order valence-corrected chi connectivity index (χ4v) is 1.82. The van der Waals surface area contributed by atoms with Gasteiger partial charge in [-0.2, -0.15) is 0 Å². The normalized spacial score (nSPS) is 29.5. The van der Waals surface area contributed by atoms with Crippen molar-refractivity contribution in [2.75, 3.05) is 20.7 Å². The molecule has 0 aliphatic heterocycles. The van der Waals surface area contributed by atoms with E-state index in [-0.39, 0.29) is 0 Å². The highest BCUT2D eigenvalue weighted by atomic mass is 16.5. The molecule has 12 heavy (non-hydrogen) atoms. The lowest BCUT2D eigenvalue weighted by Crippen LogP contribution is -2.47. The zero-order valence-corrected chi connectivity index (χ0v) is 8.71. The van der Waals surface area contributed by atoms with Gasteiger partial charge in [-0.15, -0.1) is 0 Å². The molecule has 1 aliphatic carbocycles. The minimum absolute atomic E-state index is 0.532. The van der Waals surface area contributed by atoms with Crippen LogP contribution in [0, 0.1) is 5.92 Å². The maximum Gasteiger partial charge on any atom is 0.0601 e. The first kappa shape index (κ1) is 10.0. The molecule has 0 spiro atoms. The standard InChI is InChI=1S/C10H21NO/c1-8(2)7-11(3)9-5-10(6-9)12-4/h8-10H,5-7H2,1-4H3. The van der Waals surface area contributed by atoms with E-state index in [9.17, 15) is 0 Å². The summed E-state index contributed by atoms with van der Waals surface area (Å²) in [7, 11) is 4.03. The molecule has 1 fully saturated rings. The van der Waals surface area contributed by atoms with Crippen LogP contribution in [0.2, 0.25) is 0 Å². The van der Waals surface area contributed by atoms with E-state index in [1.165, 1.54) is 19.4 Å². The second kappa shape index (κ2) is 4.24. The molecule has 0 heterocycles. The average Bonchev–Trinajstić information content (AvgIpc) is 1.82. The molecule has 0 aromatic heterocycles. The molecule has 0 atom stereocenters. The second-order valence-corrected chi connectivity index (χ2v) is 4.32. The largest absolute Gasteiger partial charge is 0.381 e. The summed E-state index contributed by atoms with van der Waals surface area (Å²) in [5.74, 6) is 0.775. The number of nitrogens with zero attached hydrogens (tertiary/aromatic N) is 1. The summed E-state index contributed by atoms with van der Waals surface area (Å²) in [6.45, 7) is 5.74. The molecule has 0 unspecified atom stereocenters. The highest BCUT2D eigenvalue weighted by Crippen LogP contribution is 2.27. The minimum atomic E-state index is 0.532. The van der Waals surface area contributed by atoms with Crippen LogP contribution in [0.1, 0.15) is 26.7 Å². The van der Waals surface area contributed by atoms with Crippen LogP contribution in [0.15, 0.2) is 0 Å². The van der Waals surface area contributed by atoms with E-state index < -0.39 is 0 Å². The highest BCUT2D eigenvalue weighted by Gasteiger charge is 2.31. The first-order chi connectivity index (χ1) is 5.63. The van der Waals surface area contributed by atoms with Crippen molar-refractivity contribution in [2.45, 2.75) is 38.8 Å². The van der Waals surface area contributed by atoms with Gasteiger partial charge in [-0.05, 0) is 25.8 Å². The predicted molar refractivity (Wildman–Crippen MR) is 51.3 cm³/mol. The summed E-state index contributed by atoms with van der Waals surface area (Å²) in [6, 6.07) is 0.775. The first-order valence-corrected chi connectivity index (χ1v) is 4.86. The summed E-state index contributed by atoms with van der Waals surface area (Å²) in [6.07, 6.45) is 2.98. The molecule has 0 aromatic carbocycles. The van der Waals surface area contributed by atoms with Crippen LogP contribution in [-0.4, -0.2) is 37.7 Å². The predicted octanol–water partition coefficient (Wildman–Crippen LogP) is 1.75. The van der Waals surface area contributed by atoms with Gasteiger partial charge in [0.15, 0.2) is 0 Å². The SMILES string of the molecule is COC1CC(N(C)CC(C)C)C1. The van der Waals surface area contributed by atoms with E-state index in [2.05, 4.69) is 25.8 Å². The molecular weight excluding hydrogens is 150 g/mol. The van der Waals surface area contributed by atoms with Crippen LogP contribution in [0.5, 0.6) is 0 Å². The van der Waals surface area contributed by atoms with Crippen molar-refractivity contribution < 1.29 is 4.74 Å². The smallest absolute Gasteiger partial charge is 0.0601 e. The van der Waals surface area contributed by atoms with Crippen molar-refractivity contribution in [1.82, 2.24) is 4.90 Å². The Hall–Kier alpha value is -0.0800. The van der Waals surface area contributed by atoms with Crippen LogP contribution in [-0.2, 0) is 4.74 Å². The number of hydrogen-bond donors (Lipinski definition) is 0. The van der Waals surface area contributed by atoms with Crippen molar-refractivity contribution in [1.29, 1.82) is 0 Å². The van der Waals surface area contributed by atoms with E-state index in [0.29, 0.717) is 6.10 Å². The lowest BCUT2D eigenvalue weighted by molar-refractivity contribution is -0.0219. The second-order valence-electron chi connectivity index (χ2n) is 4.32. The summed E-state index contributed by atoms with van der Waals surface area (Å²) in [4.78, 5) is 2.46. The Bertz CT molecular complexity index is 130. The van der Waals surface area contributed by atoms with E-state index in [1.807, 2.05) is 7.11 Å². The Kier molecular flexibility index (Phi) is 3.53. The van der Waals surface area contributed by atoms with Crippen LogP contribution in [0.4, 0.5) is 0 Å². The maximum atomic E-state index is 5.24. The van der Waals surface area contributed by atoms with Crippen LogP contribution in [0.3, 0.4) is 0 Å². The van der Waals surface area contributed by atoms with Crippen molar-refractivity contribution >= 4 is 0 Å². The Labute approximate surface area is 75.9 Å². The highest BCUT2D eigenvalue weighted by molar-refractivity contribution is 4.86. The number of ether oxygens (including phenoxy) is 1. The first-order valence-electron chi connectivity index (χ1n) is 4.86. The van der Waals surface area contributed by atoms with Gasteiger partial charge in [0.1, 0.15) is 0 Å². The average molecular weight is 171 g/mol. The summed E-state index contributed by atoms with van der Waals surface area (Å²) in [5.41, 5.74) is 0. The zero-order chi connectivity index (χ0) is 9.14. The molecule has 0 aromatic rings. The summed E-state index contributed by atoms with van der Waals surface area (Å²) >= 11 is 0. The van der Waals surface area contributed by atoms with Crippen molar-refractivity contribution in [3.63, 3.8) is 0 Å². The molecule has 1 aliphatic rings. The van der Waals surface area contributed by atoms with Crippen LogP contribution < -0.4 is 0 Å². The molecular formula is C10H21NO. The van der Waals surface area contributed by atoms with Gasteiger partial charge in [0.2, 0.25) is 0 Å².